The molecule has 0 radical (unpaired) electrons. The highest BCUT2D eigenvalue weighted by Gasteiger charge is 2.23. The Labute approximate surface area is 110 Å². The number of para-hydroxylation sites is 1. The molecule has 7 heteroatoms. The van der Waals surface area contributed by atoms with Gasteiger partial charge in [0.05, 0.1) is 5.30 Å². The number of nitrogens with zero attached hydrogens (tertiary/aromatic N) is 1. The highest BCUT2D eigenvalue weighted by atomic mass is 31.2. The number of rotatable bonds is 3. The van der Waals surface area contributed by atoms with E-state index < -0.39 is 7.60 Å². The van der Waals surface area contributed by atoms with E-state index in [2.05, 4.69) is 0 Å². The second-order valence-corrected chi connectivity index (χ2v) is 5.11. The molecule has 0 spiro atoms. The zero-order valence-electron chi connectivity index (χ0n) is 9.93. The van der Waals surface area contributed by atoms with E-state index in [1.807, 2.05) is 11.0 Å². The average molecular weight is 278 g/mol. The third-order valence-electron chi connectivity index (χ3n) is 2.05. The Hall–Kier alpha value is -2.26. The second-order valence-electron chi connectivity index (χ2n) is 3.37. The standard InChI is InChI=1S/C12H11O3P.H2N3/c13-16(14,12-9-5-2-6-10-12)15-11-7-3-1-4-8-11;1-3-2/h1-10H,(H,13,14);1-2H/q;+1. The van der Waals surface area contributed by atoms with Crippen molar-refractivity contribution in [3.63, 3.8) is 0 Å². The molecule has 1 atom stereocenters. The largest absolute Gasteiger partial charge is 0.421 e. The average Bonchev–Trinajstić information content (AvgIpc) is 2.41. The van der Waals surface area contributed by atoms with Crippen LogP contribution in [0.2, 0.25) is 0 Å². The van der Waals surface area contributed by atoms with Crippen molar-refractivity contribution in [1.82, 2.24) is 4.91 Å². The topological polar surface area (TPSA) is 108 Å². The van der Waals surface area contributed by atoms with Gasteiger partial charge in [-0.3, -0.25) is 0 Å². The fourth-order valence-corrected chi connectivity index (χ4v) is 2.36. The zero-order chi connectivity index (χ0) is 14.1. The lowest BCUT2D eigenvalue weighted by Crippen LogP contribution is -2.08. The molecule has 6 nitrogen and oxygen atoms in total. The van der Waals surface area contributed by atoms with Crippen LogP contribution in [0.1, 0.15) is 0 Å². The van der Waals surface area contributed by atoms with Gasteiger partial charge in [0.15, 0.2) is 0 Å². The molecule has 3 N–H and O–H groups in total. The van der Waals surface area contributed by atoms with Gasteiger partial charge in [0.25, 0.3) is 0 Å². The van der Waals surface area contributed by atoms with Gasteiger partial charge in [0.1, 0.15) is 16.8 Å². The van der Waals surface area contributed by atoms with Crippen LogP contribution in [0.3, 0.4) is 0 Å². The first-order valence-corrected chi connectivity index (χ1v) is 6.84. The van der Waals surface area contributed by atoms with Gasteiger partial charge in [0.2, 0.25) is 4.91 Å². The van der Waals surface area contributed by atoms with Crippen molar-refractivity contribution >= 4 is 12.9 Å². The molecule has 0 bridgehead atoms. The molecule has 2 aromatic rings. The molecular formula is C12H13N3O3P+. The van der Waals surface area contributed by atoms with Crippen LogP contribution in [0.4, 0.5) is 0 Å². The van der Waals surface area contributed by atoms with Gasteiger partial charge in [-0.15, -0.1) is 0 Å². The van der Waals surface area contributed by atoms with Crippen molar-refractivity contribution in [2.75, 3.05) is 0 Å². The quantitative estimate of drug-likeness (QED) is 0.456. The lowest BCUT2D eigenvalue weighted by molar-refractivity contribution is 0.393. The minimum Gasteiger partial charge on any atom is -0.421 e. The van der Waals surface area contributed by atoms with Crippen LogP contribution in [0.15, 0.2) is 60.7 Å². The van der Waals surface area contributed by atoms with E-state index in [-0.39, 0.29) is 0 Å². The van der Waals surface area contributed by atoms with Gasteiger partial charge >= 0.3 is 7.60 Å². The molecule has 2 rings (SSSR count). The predicted molar refractivity (Wildman–Crippen MR) is 70.5 cm³/mol. The van der Waals surface area contributed by atoms with Crippen molar-refractivity contribution in [3.05, 3.63) is 60.7 Å². The summed E-state index contributed by atoms with van der Waals surface area (Å²) in [5.41, 5.74) is 11.0. The maximum absolute atomic E-state index is 11.9. The first-order valence-electron chi connectivity index (χ1n) is 5.26. The summed E-state index contributed by atoms with van der Waals surface area (Å²) in [6.45, 7) is 0. The summed E-state index contributed by atoms with van der Waals surface area (Å²) in [7, 11) is -3.77. The first kappa shape index (κ1) is 14.8. The summed E-state index contributed by atoms with van der Waals surface area (Å²) < 4.78 is 17.0. The van der Waals surface area contributed by atoms with Crippen LogP contribution >= 0.6 is 7.60 Å². The van der Waals surface area contributed by atoms with Gasteiger partial charge < -0.3 is 9.42 Å². The molecule has 19 heavy (non-hydrogen) atoms. The van der Waals surface area contributed by atoms with Crippen molar-refractivity contribution in [3.8, 4) is 5.75 Å². The SMILES string of the molecule is N=[N+]=N.O=P(O)(Oc1ccccc1)c1ccccc1. The Morgan fingerprint density at radius 1 is 0.947 bits per heavy atom. The smallest absolute Gasteiger partial charge is 0.408 e. The van der Waals surface area contributed by atoms with E-state index in [0.717, 1.165) is 0 Å². The Kier molecular flexibility index (Phi) is 5.64. The molecule has 0 fully saturated rings. The van der Waals surface area contributed by atoms with E-state index >= 15 is 0 Å². The summed E-state index contributed by atoms with van der Waals surface area (Å²) in [5.74, 6) is 0.386. The minimum absolute atomic E-state index is 0.291. The summed E-state index contributed by atoms with van der Waals surface area (Å²) in [6, 6.07) is 16.9. The summed E-state index contributed by atoms with van der Waals surface area (Å²) in [5, 5.41) is 0.291. The predicted octanol–water partition coefficient (Wildman–Crippen LogP) is 2.69. The van der Waals surface area contributed by atoms with Crippen LogP contribution in [-0.4, -0.2) is 4.89 Å². The second kappa shape index (κ2) is 7.24. The number of hydrogen-bond donors (Lipinski definition) is 3. The van der Waals surface area contributed by atoms with Crippen molar-refractivity contribution < 1.29 is 14.0 Å². The number of hydrogen-bond acceptors (Lipinski definition) is 4. The Balaban J connectivity index is 0.000000550. The number of benzene rings is 2. The fraction of sp³-hybridized carbons (Fsp3) is 0. The molecule has 98 valence electrons. The van der Waals surface area contributed by atoms with Crippen LogP contribution in [0.25, 0.3) is 0 Å². The zero-order valence-corrected chi connectivity index (χ0v) is 10.8. The Bertz CT molecular complexity index is 584. The minimum atomic E-state index is -3.77. The van der Waals surface area contributed by atoms with Crippen LogP contribution in [0.5, 0.6) is 5.75 Å². The molecule has 0 aliphatic carbocycles. The van der Waals surface area contributed by atoms with Crippen molar-refractivity contribution in [2.45, 2.75) is 0 Å². The Morgan fingerprint density at radius 3 is 1.84 bits per heavy atom. The molecule has 0 aromatic heterocycles. The molecule has 0 amide bonds. The first-order chi connectivity index (χ1) is 9.10. The van der Waals surface area contributed by atoms with Crippen molar-refractivity contribution in [2.24, 2.45) is 0 Å². The third-order valence-corrected chi connectivity index (χ3v) is 3.46. The van der Waals surface area contributed by atoms with E-state index in [4.69, 9.17) is 15.6 Å². The molecule has 0 saturated heterocycles. The third kappa shape index (κ3) is 4.85. The summed E-state index contributed by atoms with van der Waals surface area (Å²) in [4.78, 5) is 11.8. The molecule has 0 aliphatic rings. The van der Waals surface area contributed by atoms with Crippen LogP contribution < -0.4 is 14.7 Å². The van der Waals surface area contributed by atoms with Gasteiger partial charge in [-0.2, -0.15) is 0 Å². The van der Waals surface area contributed by atoms with Crippen molar-refractivity contribution in [1.29, 1.82) is 11.1 Å². The highest BCUT2D eigenvalue weighted by molar-refractivity contribution is 7.61. The van der Waals surface area contributed by atoms with Crippen LogP contribution in [-0.2, 0) is 4.57 Å². The monoisotopic (exact) mass is 278 g/mol. The molecular weight excluding hydrogens is 265 g/mol. The number of nitrogens with one attached hydrogen (secondary N) is 2. The summed E-state index contributed by atoms with van der Waals surface area (Å²) >= 11 is 0. The lowest BCUT2D eigenvalue weighted by atomic mass is 10.3. The van der Waals surface area contributed by atoms with Gasteiger partial charge in [0, 0.05) is 0 Å². The molecule has 1 unspecified atom stereocenters. The molecule has 2 aromatic carbocycles. The van der Waals surface area contributed by atoms with E-state index in [0.29, 0.717) is 11.1 Å². The van der Waals surface area contributed by atoms with Gasteiger partial charge in [-0.25, -0.2) is 4.57 Å². The fourth-order valence-electron chi connectivity index (χ4n) is 1.29. The normalized spacial score (nSPS) is 12.3. The van der Waals surface area contributed by atoms with Gasteiger partial charge in [-0.1, -0.05) is 36.4 Å². The highest BCUT2D eigenvalue weighted by Crippen LogP contribution is 2.41. The molecule has 0 aliphatic heterocycles. The Morgan fingerprint density at radius 2 is 1.37 bits per heavy atom. The van der Waals surface area contributed by atoms with E-state index in [9.17, 15) is 9.46 Å². The van der Waals surface area contributed by atoms with E-state index in [1.54, 1.807) is 54.6 Å². The van der Waals surface area contributed by atoms with Gasteiger partial charge in [-0.05, 0) is 24.3 Å². The van der Waals surface area contributed by atoms with E-state index in [1.165, 1.54) is 0 Å². The lowest BCUT2D eigenvalue weighted by Gasteiger charge is -2.12. The van der Waals surface area contributed by atoms with Crippen LogP contribution in [0, 0.1) is 11.1 Å². The maximum Gasteiger partial charge on any atom is 0.408 e. The molecule has 0 heterocycles. The maximum atomic E-state index is 11.9. The molecule has 0 saturated carbocycles. The summed E-state index contributed by atoms with van der Waals surface area (Å²) in [6.07, 6.45) is 0.